The first-order valence-corrected chi connectivity index (χ1v) is 16.8. The van der Waals surface area contributed by atoms with Crippen LogP contribution in [0.15, 0.2) is 45.3 Å². The molecular formula is C33H39Br2N3O6. The van der Waals surface area contributed by atoms with Gasteiger partial charge >= 0.3 is 6.03 Å². The summed E-state index contributed by atoms with van der Waals surface area (Å²) >= 11 is 6.86. The Bertz CT molecular complexity index is 1470. The molecule has 5 unspecified atom stereocenters. The van der Waals surface area contributed by atoms with Crippen LogP contribution in [-0.2, 0) is 15.1 Å². The van der Waals surface area contributed by atoms with Gasteiger partial charge in [-0.25, -0.2) is 4.79 Å². The third kappa shape index (κ3) is 6.54. The molecule has 44 heavy (non-hydrogen) atoms. The van der Waals surface area contributed by atoms with Gasteiger partial charge in [0.25, 0.3) is 5.91 Å². The fraction of sp³-hybridized carbons (Fsp3) is 0.515. The van der Waals surface area contributed by atoms with Gasteiger partial charge in [0.2, 0.25) is 6.41 Å². The molecule has 7 rings (SSSR count). The summed E-state index contributed by atoms with van der Waals surface area (Å²) < 4.78 is 14.4. The highest BCUT2D eigenvalue weighted by atomic mass is 79.9. The molecule has 2 aliphatic carbocycles. The SMILES string of the molecule is CC1CCCC2(C1)CC1(NC(=O)NC1=O)c1cc(Br)ccc1O2.CC1CCCC2(CC(=O)c3cc(Br)ccc3O2)C1.NC=O. The van der Waals surface area contributed by atoms with Gasteiger partial charge in [-0.2, -0.15) is 0 Å². The number of fused-ring (bicyclic) bond motifs is 3. The number of amides is 4. The lowest BCUT2D eigenvalue weighted by Crippen LogP contribution is -2.57. The summed E-state index contributed by atoms with van der Waals surface area (Å²) in [5.74, 6) is 2.63. The second-order valence-electron chi connectivity index (χ2n) is 13.0. The zero-order chi connectivity index (χ0) is 31.7. The molecule has 2 aromatic rings. The van der Waals surface area contributed by atoms with E-state index in [1.54, 1.807) is 0 Å². The Labute approximate surface area is 274 Å². The van der Waals surface area contributed by atoms with Crippen molar-refractivity contribution in [3.63, 3.8) is 0 Å². The second kappa shape index (κ2) is 12.8. The van der Waals surface area contributed by atoms with Gasteiger partial charge in [-0.3, -0.25) is 19.7 Å². The molecule has 2 aromatic carbocycles. The maximum absolute atomic E-state index is 12.7. The summed E-state index contributed by atoms with van der Waals surface area (Å²) in [6.07, 6.45) is 9.82. The van der Waals surface area contributed by atoms with Gasteiger partial charge in [-0.1, -0.05) is 58.5 Å². The number of Topliss-reactive ketones (excluding diaryl/α,β-unsaturated/α-hetero) is 1. The number of halogens is 2. The second-order valence-corrected chi connectivity index (χ2v) is 14.8. The molecule has 3 fully saturated rings. The van der Waals surface area contributed by atoms with Crippen LogP contribution in [0.1, 0.15) is 94.0 Å². The average Bonchev–Trinajstić information content (AvgIpc) is 3.22. The Balaban J connectivity index is 0.000000164. The van der Waals surface area contributed by atoms with Crippen molar-refractivity contribution in [2.24, 2.45) is 17.6 Å². The summed E-state index contributed by atoms with van der Waals surface area (Å²) in [5, 5.41) is 5.30. The van der Waals surface area contributed by atoms with Crippen molar-refractivity contribution in [1.29, 1.82) is 0 Å². The molecular weight excluding hydrogens is 694 g/mol. The smallest absolute Gasteiger partial charge is 0.322 e. The van der Waals surface area contributed by atoms with E-state index in [1.807, 2.05) is 36.4 Å². The number of primary amides is 1. The number of rotatable bonds is 0. The van der Waals surface area contributed by atoms with Crippen LogP contribution in [0.25, 0.3) is 0 Å². The minimum absolute atomic E-state index is 0.227. The quantitative estimate of drug-likeness (QED) is 0.204. The molecule has 4 amide bonds. The number of nitrogens with one attached hydrogen (secondary N) is 2. The maximum atomic E-state index is 12.7. The van der Waals surface area contributed by atoms with E-state index in [0.717, 1.165) is 57.9 Å². The van der Waals surface area contributed by atoms with Crippen molar-refractivity contribution >= 4 is 56.0 Å². The fourth-order valence-electron chi connectivity index (χ4n) is 7.77. The number of carbonyl (C=O) groups is 4. The van der Waals surface area contributed by atoms with Gasteiger partial charge in [0, 0.05) is 20.9 Å². The third-order valence-electron chi connectivity index (χ3n) is 9.41. The summed E-state index contributed by atoms with van der Waals surface area (Å²) in [6, 6.07) is 11.0. The molecule has 0 bridgehead atoms. The molecule has 0 aromatic heterocycles. The minimum Gasteiger partial charge on any atom is -0.487 e. The maximum Gasteiger partial charge on any atom is 0.322 e. The normalized spacial score (nSPS) is 31.6. The molecule has 0 radical (unpaired) electrons. The highest BCUT2D eigenvalue weighted by Gasteiger charge is 2.58. The predicted octanol–water partition coefficient (Wildman–Crippen LogP) is 6.68. The monoisotopic (exact) mass is 731 g/mol. The van der Waals surface area contributed by atoms with Crippen molar-refractivity contribution < 1.29 is 28.7 Å². The molecule has 3 spiro atoms. The van der Waals surface area contributed by atoms with E-state index in [1.165, 1.54) is 19.3 Å². The van der Waals surface area contributed by atoms with E-state index >= 15 is 0 Å². The van der Waals surface area contributed by atoms with Crippen LogP contribution in [0.3, 0.4) is 0 Å². The summed E-state index contributed by atoms with van der Waals surface area (Å²) in [6.45, 7) is 4.48. The van der Waals surface area contributed by atoms with Crippen molar-refractivity contribution in [3.8, 4) is 11.5 Å². The number of urea groups is 1. The lowest BCUT2D eigenvalue weighted by Gasteiger charge is -2.48. The van der Waals surface area contributed by atoms with Crippen LogP contribution in [0.4, 0.5) is 4.79 Å². The van der Waals surface area contributed by atoms with Crippen molar-refractivity contribution in [2.45, 2.75) is 94.8 Å². The number of hydrogen-bond acceptors (Lipinski definition) is 6. The van der Waals surface area contributed by atoms with Gasteiger partial charge < -0.3 is 20.5 Å². The Morgan fingerprint density at radius 3 is 2.07 bits per heavy atom. The molecule has 4 N–H and O–H groups in total. The Morgan fingerprint density at radius 1 is 0.886 bits per heavy atom. The van der Waals surface area contributed by atoms with Crippen LogP contribution in [-0.4, -0.2) is 35.3 Å². The summed E-state index contributed by atoms with van der Waals surface area (Å²) in [7, 11) is 0. The standard InChI is InChI=1S/C17H19BrN2O3.C15H17BrO2.CH3NO/c1-10-3-2-6-16(8-10)9-17(14(21)19-15(22)20-17)12-7-11(18)4-5-13(12)23-16;1-10-3-2-6-15(8-10)9-13(17)12-7-11(16)4-5-14(12)18-15;2-1-3/h4-5,7,10H,2-3,6,8-9H2,1H3,(H2,19,20,21,22);4-5,7,10H,2-3,6,8-9H2,1H3;1H,(H2,2,3). The van der Waals surface area contributed by atoms with E-state index < -0.39 is 11.6 Å². The van der Waals surface area contributed by atoms with Crippen LogP contribution < -0.4 is 25.8 Å². The highest BCUT2D eigenvalue weighted by Crippen LogP contribution is 2.51. The van der Waals surface area contributed by atoms with Gasteiger partial charge in [0.05, 0.1) is 12.0 Å². The lowest BCUT2D eigenvalue weighted by atomic mass is 9.68. The van der Waals surface area contributed by atoms with Gasteiger partial charge in [-0.15, -0.1) is 0 Å². The number of ether oxygens (including phenoxy) is 2. The summed E-state index contributed by atoms with van der Waals surface area (Å²) in [4.78, 5) is 45.4. The Hall–Kier alpha value is -2.92. The molecule has 2 saturated carbocycles. The Morgan fingerprint density at radius 2 is 1.45 bits per heavy atom. The summed E-state index contributed by atoms with van der Waals surface area (Å²) in [5.41, 5.74) is 4.00. The molecule has 3 aliphatic heterocycles. The zero-order valence-electron chi connectivity index (χ0n) is 25.0. The van der Waals surface area contributed by atoms with E-state index in [0.29, 0.717) is 30.4 Å². The fourth-order valence-corrected chi connectivity index (χ4v) is 8.50. The van der Waals surface area contributed by atoms with E-state index in [-0.39, 0.29) is 29.3 Å². The first kappa shape index (κ1) is 32.5. The number of nitrogens with two attached hydrogens (primary N) is 1. The zero-order valence-corrected chi connectivity index (χ0v) is 28.2. The van der Waals surface area contributed by atoms with E-state index in [9.17, 15) is 14.4 Å². The van der Waals surface area contributed by atoms with E-state index in [4.69, 9.17) is 14.3 Å². The van der Waals surface area contributed by atoms with Crippen molar-refractivity contribution in [3.05, 3.63) is 56.5 Å². The van der Waals surface area contributed by atoms with Crippen LogP contribution in [0.2, 0.25) is 0 Å². The minimum atomic E-state index is -1.02. The third-order valence-corrected chi connectivity index (χ3v) is 10.4. The van der Waals surface area contributed by atoms with Crippen molar-refractivity contribution in [2.75, 3.05) is 0 Å². The molecule has 5 aliphatic rings. The first-order chi connectivity index (χ1) is 20.9. The van der Waals surface area contributed by atoms with Gasteiger partial charge in [0.15, 0.2) is 11.3 Å². The molecule has 3 heterocycles. The molecule has 5 atom stereocenters. The number of imide groups is 1. The van der Waals surface area contributed by atoms with Crippen LogP contribution in [0.5, 0.6) is 11.5 Å². The molecule has 9 nitrogen and oxygen atoms in total. The van der Waals surface area contributed by atoms with Gasteiger partial charge in [-0.05, 0) is 86.8 Å². The number of hydrogen-bond donors (Lipinski definition) is 3. The van der Waals surface area contributed by atoms with Crippen molar-refractivity contribution in [1.82, 2.24) is 10.6 Å². The molecule has 236 valence electrons. The average molecular weight is 733 g/mol. The highest BCUT2D eigenvalue weighted by molar-refractivity contribution is 9.10. The Kier molecular flexibility index (Phi) is 9.47. The predicted molar refractivity (Wildman–Crippen MR) is 172 cm³/mol. The van der Waals surface area contributed by atoms with Crippen LogP contribution >= 0.6 is 31.9 Å². The van der Waals surface area contributed by atoms with Crippen LogP contribution in [0, 0.1) is 11.8 Å². The molecule has 1 saturated heterocycles. The first-order valence-electron chi connectivity index (χ1n) is 15.2. The largest absolute Gasteiger partial charge is 0.487 e. The number of benzene rings is 2. The number of carbonyl (C=O) groups excluding carboxylic acids is 4. The molecule has 11 heteroatoms. The topological polar surface area (TPSA) is 137 Å². The number of ketones is 1. The lowest BCUT2D eigenvalue weighted by molar-refractivity contribution is -0.129. The van der Waals surface area contributed by atoms with Gasteiger partial charge in [0.1, 0.15) is 22.7 Å². The van der Waals surface area contributed by atoms with E-state index in [2.05, 4.69) is 62.1 Å².